The molecule has 0 saturated carbocycles. The molecule has 0 saturated heterocycles. The van der Waals surface area contributed by atoms with Gasteiger partial charge in [0.05, 0.1) is 12.7 Å². The second kappa shape index (κ2) is 5.15. The molecule has 4 heteroatoms. The minimum Gasteiger partial charge on any atom is -0.496 e. The van der Waals surface area contributed by atoms with Crippen LogP contribution in [0.3, 0.4) is 0 Å². The summed E-state index contributed by atoms with van der Waals surface area (Å²) in [5.74, 6) is 0.859. The van der Waals surface area contributed by atoms with E-state index in [0.717, 1.165) is 26.9 Å². The third kappa shape index (κ3) is 2.09. The zero-order chi connectivity index (χ0) is 12.5. The van der Waals surface area contributed by atoms with E-state index in [1.807, 2.05) is 20.9 Å². The average Bonchev–Trinajstić information content (AvgIpc) is 2.29. The van der Waals surface area contributed by atoms with Gasteiger partial charge < -0.3 is 10.1 Å². The molecule has 88 valence electrons. The average molecular weight is 302 g/mol. The number of thiocarbonyl (C=S) groups is 1. The van der Waals surface area contributed by atoms with Crippen molar-refractivity contribution >= 4 is 33.1 Å². The molecule has 0 aliphatic carbocycles. The van der Waals surface area contributed by atoms with Crippen molar-refractivity contribution in [2.24, 2.45) is 0 Å². The van der Waals surface area contributed by atoms with Crippen molar-refractivity contribution in [1.29, 1.82) is 0 Å². The van der Waals surface area contributed by atoms with Gasteiger partial charge in [0.1, 0.15) is 10.7 Å². The van der Waals surface area contributed by atoms with Gasteiger partial charge in [0.15, 0.2) is 0 Å². The molecule has 0 spiro atoms. The second-order valence-corrected chi connectivity index (χ2v) is 4.88. The molecular formula is C12H16BrNOS. The van der Waals surface area contributed by atoms with E-state index in [2.05, 4.69) is 28.2 Å². The number of rotatable bonds is 2. The predicted molar refractivity (Wildman–Crippen MR) is 75.7 cm³/mol. The molecule has 1 aromatic carbocycles. The molecule has 0 aliphatic rings. The Morgan fingerprint density at radius 1 is 1.19 bits per heavy atom. The molecule has 0 aliphatic heterocycles. The van der Waals surface area contributed by atoms with Crippen LogP contribution in [0, 0.1) is 20.8 Å². The van der Waals surface area contributed by atoms with Gasteiger partial charge in [-0.15, -0.1) is 0 Å². The summed E-state index contributed by atoms with van der Waals surface area (Å²) in [6.07, 6.45) is 0. The first-order chi connectivity index (χ1) is 7.45. The SMILES string of the molecule is CNC(=S)c1c(C)c(Br)c(C)c(C)c1OC. The number of halogens is 1. The van der Waals surface area contributed by atoms with E-state index in [4.69, 9.17) is 17.0 Å². The summed E-state index contributed by atoms with van der Waals surface area (Å²) in [5, 5.41) is 3.00. The Morgan fingerprint density at radius 2 is 1.75 bits per heavy atom. The van der Waals surface area contributed by atoms with Crippen molar-refractivity contribution in [2.45, 2.75) is 20.8 Å². The van der Waals surface area contributed by atoms with Gasteiger partial charge in [-0.05, 0) is 37.5 Å². The Morgan fingerprint density at radius 3 is 2.19 bits per heavy atom. The van der Waals surface area contributed by atoms with Gasteiger partial charge in [-0.1, -0.05) is 28.1 Å². The first-order valence-corrected chi connectivity index (χ1v) is 6.21. The minimum atomic E-state index is 0.707. The molecule has 0 bridgehead atoms. The molecular weight excluding hydrogens is 286 g/mol. The van der Waals surface area contributed by atoms with E-state index < -0.39 is 0 Å². The fourth-order valence-corrected chi connectivity index (χ4v) is 2.48. The topological polar surface area (TPSA) is 21.3 Å². The summed E-state index contributed by atoms with van der Waals surface area (Å²) >= 11 is 8.91. The van der Waals surface area contributed by atoms with Crippen LogP contribution in [-0.4, -0.2) is 19.1 Å². The number of hydrogen-bond donors (Lipinski definition) is 1. The quantitative estimate of drug-likeness (QED) is 0.847. The smallest absolute Gasteiger partial charge is 0.132 e. The molecule has 1 aromatic rings. The highest BCUT2D eigenvalue weighted by Crippen LogP contribution is 2.36. The predicted octanol–water partition coefficient (Wildman–Crippen LogP) is 3.28. The van der Waals surface area contributed by atoms with Crippen molar-refractivity contribution in [1.82, 2.24) is 5.32 Å². The van der Waals surface area contributed by atoms with Crippen LogP contribution < -0.4 is 10.1 Å². The normalized spacial score (nSPS) is 10.1. The molecule has 0 aromatic heterocycles. The lowest BCUT2D eigenvalue weighted by molar-refractivity contribution is 0.410. The van der Waals surface area contributed by atoms with Crippen molar-refractivity contribution < 1.29 is 4.74 Å². The van der Waals surface area contributed by atoms with Gasteiger partial charge >= 0.3 is 0 Å². The molecule has 0 radical (unpaired) electrons. The maximum absolute atomic E-state index is 5.47. The molecule has 1 rings (SSSR count). The Labute approximate surface area is 111 Å². The minimum absolute atomic E-state index is 0.707. The highest BCUT2D eigenvalue weighted by atomic mass is 79.9. The Balaban J connectivity index is 3.64. The summed E-state index contributed by atoms with van der Waals surface area (Å²) in [4.78, 5) is 0.707. The first-order valence-electron chi connectivity index (χ1n) is 5.01. The van der Waals surface area contributed by atoms with E-state index in [-0.39, 0.29) is 0 Å². The van der Waals surface area contributed by atoms with Crippen LogP contribution in [0.15, 0.2) is 4.47 Å². The number of ether oxygens (including phenoxy) is 1. The lowest BCUT2D eigenvalue weighted by Crippen LogP contribution is -2.19. The highest BCUT2D eigenvalue weighted by molar-refractivity contribution is 9.10. The Bertz CT molecular complexity index is 443. The summed E-state index contributed by atoms with van der Waals surface area (Å²) in [7, 11) is 3.50. The molecule has 0 amide bonds. The van der Waals surface area contributed by atoms with Crippen molar-refractivity contribution in [3.8, 4) is 5.75 Å². The fraction of sp³-hybridized carbons (Fsp3) is 0.417. The van der Waals surface area contributed by atoms with E-state index in [1.165, 1.54) is 5.56 Å². The van der Waals surface area contributed by atoms with E-state index in [0.29, 0.717) is 4.99 Å². The van der Waals surface area contributed by atoms with E-state index in [1.54, 1.807) is 7.11 Å². The van der Waals surface area contributed by atoms with Crippen LogP contribution in [0.1, 0.15) is 22.3 Å². The summed E-state index contributed by atoms with van der Waals surface area (Å²) in [6.45, 7) is 6.15. The number of methoxy groups -OCH3 is 1. The fourth-order valence-electron chi connectivity index (χ4n) is 1.74. The van der Waals surface area contributed by atoms with Gasteiger partial charge in [0.25, 0.3) is 0 Å². The number of benzene rings is 1. The maximum Gasteiger partial charge on any atom is 0.132 e. The second-order valence-electron chi connectivity index (χ2n) is 3.68. The monoisotopic (exact) mass is 301 g/mol. The van der Waals surface area contributed by atoms with Crippen molar-refractivity contribution in [3.05, 3.63) is 26.7 Å². The van der Waals surface area contributed by atoms with Crippen LogP contribution in [-0.2, 0) is 0 Å². The molecule has 0 heterocycles. The van der Waals surface area contributed by atoms with Crippen LogP contribution in [0.5, 0.6) is 5.75 Å². The largest absolute Gasteiger partial charge is 0.496 e. The standard InChI is InChI=1S/C12H16BrNOS/c1-6-7(2)11(15-5)9(12(16)14-4)8(3)10(6)13/h1-5H3,(H,14,16). The molecule has 0 fully saturated rings. The third-order valence-corrected chi connectivity index (χ3v) is 4.42. The highest BCUT2D eigenvalue weighted by Gasteiger charge is 2.18. The van der Waals surface area contributed by atoms with Crippen LogP contribution in [0.2, 0.25) is 0 Å². The molecule has 1 N–H and O–H groups in total. The zero-order valence-electron chi connectivity index (χ0n) is 10.2. The van der Waals surface area contributed by atoms with Gasteiger partial charge in [0, 0.05) is 11.5 Å². The molecule has 0 unspecified atom stereocenters. The van der Waals surface area contributed by atoms with Crippen LogP contribution in [0.25, 0.3) is 0 Å². The van der Waals surface area contributed by atoms with E-state index in [9.17, 15) is 0 Å². The lowest BCUT2D eigenvalue weighted by Gasteiger charge is -2.19. The van der Waals surface area contributed by atoms with Crippen molar-refractivity contribution in [2.75, 3.05) is 14.2 Å². The molecule has 2 nitrogen and oxygen atoms in total. The molecule has 0 atom stereocenters. The number of hydrogen-bond acceptors (Lipinski definition) is 2. The summed E-state index contributed by atoms with van der Waals surface area (Å²) in [6, 6.07) is 0. The van der Waals surface area contributed by atoms with E-state index >= 15 is 0 Å². The van der Waals surface area contributed by atoms with Gasteiger partial charge in [-0.3, -0.25) is 0 Å². The Kier molecular flexibility index (Phi) is 4.33. The third-order valence-electron chi connectivity index (χ3n) is 2.82. The first kappa shape index (κ1) is 13.5. The summed E-state index contributed by atoms with van der Waals surface area (Å²) < 4.78 is 6.56. The van der Waals surface area contributed by atoms with Crippen LogP contribution in [0.4, 0.5) is 0 Å². The lowest BCUT2D eigenvalue weighted by atomic mass is 9.99. The van der Waals surface area contributed by atoms with Gasteiger partial charge in [-0.25, -0.2) is 0 Å². The zero-order valence-corrected chi connectivity index (χ0v) is 12.6. The van der Waals surface area contributed by atoms with Gasteiger partial charge in [-0.2, -0.15) is 0 Å². The summed E-state index contributed by atoms with van der Waals surface area (Å²) in [5.41, 5.74) is 4.39. The van der Waals surface area contributed by atoms with Crippen molar-refractivity contribution in [3.63, 3.8) is 0 Å². The Hall–Kier alpha value is -0.610. The number of nitrogens with one attached hydrogen (secondary N) is 1. The van der Waals surface area contributed by atoms with Crippen LogP contribution >= 0.6 is 28.1 Å². The molecule has 16 heavy (non-hydrogen) atoms. The maximum atomic E-state index is 5.47. The van der Waals surface area contributed by atoms with Gasteiger partial charge in [0.2, 0.25) is 0 Å².